The summed E-state index contributed by atoms with van der Waals surface area (Å²) in [5.74, 6) is 2.65. The average Bonchev–Trinajstić information content (AvgIpc) is 3.46. The third kappa shape index (κ3) is 6.41. The number of likely N-dealkylation sites (tertiary alicyclic amines) is 1. The van der Waals surface area contributed by atoms with Crippen LogP contribution in [0.15, 0.2) is 46.9 Å². The Morgan fingerprint density at radius 3 is 2.78 bits per heavy atom. The Morgan fingerprint density at radius 2 is 2.03 bits per heavy atom. The lowest BCUT2D eigenvalue weighted by molar-refractivity contribution is 0.143. The van der Waals surface area contributed by atoms with Crippen molar-refractivity contribution in [2.45, 2.75) is 39.2 Å². The summed E-state index contributed by atoms with van der Waals surface area (Å²) in [6.07, 6.45) is 5.34. The number of nitrogens with zero attached hydrogens (tertiary/aromatic N) is 5. The highest BCUT2D eigenvalue weighted by Crippen LogP contribution is 2.29. The highest BCUT2D eigenvalue weighted by atomic mass is 127. The van der Waals surface area contributed by atoms with Gasteiger partial charge in [0.25, 0.3) is 0 Å². The molecule has 3 aromatic heterocycles. The molecule has 4 heterocycles. The van der Waals surface area contributed by atoms with Crippen molar-refractivity contribution in [2.24, 2.45) is 10.9 Å². The normalized spacial score (nSPS) is 16.6. The van der Waals surface area contributed by atoms with Gasteiger partial charge in [-0.05, 0) is 62.4 Å². The maximum atomic E-state index is 4.96. The molecule has 0 spiro atoms. The lowest BCUT2D eigenvalue weighted by Gasteiger charge is -2.35. The molecular weight excluding hydrogens is 533 g/mol. The molecule has 0 amide bonds. The molecule has 174 valence electrons. The van der Waals surface area contributed by atoms with Crippen molar-refractivity contribution in [1.29, 1.82) is 0 Å². The van der Waals surface area contributed by atoms with Gasteiger partial charge in [0.2, 0.25) is 0 Å². The largest absolute Gasteiger partial charge is 0.357 e. The van der Waals surface area contributed by atoms with Crippen LogP contribution in [0.5, 0.6) is 0 Å². The minimum Gasteiger partial charge on any atom is -0.357 e. The molecule has 1 saturated heterocycles. The number of pyridine rings is 1. The first kappa shape index (κ1) is 24.9. The number of nitrogens with one attached hydrogen (secondary N) is 2. The number of fused-ring (bicyclic) bond motifs is 1. The second-order valence-electron chi connectivity index (χ2n) is 8.19. The van der Waals surface area contributed by atoms with E-state index >= 15 is 0 Å². The molecule has 1 aliphatic rings. The van der Waals surface area contributed by atoms with Gasteiger partial charge < -0.3 is 10.6 Å². The lowest BCUT2D eigenvalue weighted by atomic mass is 9.97. The minimum absolute atomic E-state index is 0. The molecule has 7 nitrogen and oxygen atoms in total. The van der Waals surface area contributed by atoms with Gasteiger partial charge in [-0.25, -0.2) is 0 Å². The first-order valence-electron chi connectivity index (χ1n) is 11.3. The highest BCUT2D eigenvalue weighted by Gasteiger charge is 2.25. The van der Waals surface area contributed by atoms with Crippen LogP contribution in [-0.4, -0.2) is 58.2 Å². The Bertz CT molecular complexity index is 964. The van der Waals surface area contributed by atoms with Crippen LogP contribution in [0, 0.1) is 5.92 Å². The molecule has 1 aliphatic heterocycles. The van der Waals surface area contributed by atoms with Gasteiger partial charge >= 0.3 is 0 Å². The maximum Gasteiger partial charge on any atom is 0.191 e. The summed E-state index contributed by atoms with van der Waals surface area (Å²) >= 11 is 1.84. The van der Waals surface area contributed by atoms with Crippen LogP contribution in [0.3, 0.4) is 0 Å². The van der Waals surface area contributed by atoms with E-state index in [1.165, 1.54) is 17.7 Å². The van der Waals surface area contributed by atoms with Gasteiger partial charge in [-0.15, -0.1) is 45.5 Å². The fourth-order valence-electron chi connectivity index (χ4n) is 4.08. The van der Waals surface area contributed by atoms with Crippen molar-refractivity contribution in [3.63, 3.8) is 0 Å². The van der Waals surface area contributed by atoms with Crippen LogP contribution in [-0.2, 0) is 6.42 Å². The van der Waals surface area contributed by atoms with E-state index in [0.29, 0.717) is 6.04 Å². The van der Waals surface area contributed by atoms with Gasteiger partial charge in [0.1, 0.15) is 5.82 Å². The molecule has 9 heteroatoms. The van der Waals surface area contributed by atoms with Gasteiger partial charge in [-0.1, -0.05) is 19.1 Å². The number of hydrogen-bond donors (Lipinski definition) is 2. The predicted molar refractivity (Wildman–Crippen MR) is 143 cm³/mol. The summed E-state index contributed by atoms with van der Waals surface area (Å²) in [6.45, 7) is 9.13. The Kier molecular flexibility index (Phi) is 9.73. The Labute approximate surface area is 211 Å². The van der Waals surface area contributed by atoms with Crippen molar-refractivity contribution >= 4 is 46.9 Å². The third-order valence-electron chi connectivity index (χ3n) is 5.92. The van der Waals surface area contributed by atoms with E-state index in [-0.39, 0.29) is 24.0 Å². The van der Waals surface area contributed by atoms with Crippen molar-refractivity contribution in [1.82, 2.24) is 30.1 Å². The fraction of sp³-hybridized carbons (Fsp3) is 0.522. The summed E-state index contributed by atoms with van der Waals surface area (Å²) in [5.41, 5.74) is 0.882. The molecule has 2 N–H and O–H groups in total. The standard InChI is InChI=1S/C23H33N7S.HI/c1-3-24-23(25-12-9-22-28-27-21-8-4-5-13-30(21)22)26-17-19(20-7-6-16-31-20)29-14-10-18(2)11-15-29;/h4-8,13,16,18-19H,3,9-12,14-15,17H2,1-2H3,(H2,24,25,26);1H. The molecule has 3 aromatic rings. The van der Waals surface area contributed by atoms with Crippen LogP contribution >= 0.6 is 35.3 Å². The fourth-order valence-corrected chi connectivity index (χ4v) is 4.93. The zero-order chi connectivity index (χ0) is 21.5. The van der Waals surface area contributed by atoms with E-state index in [1.807, 2.05) is 40.1 Å². The van der Waals surface area contributed by atoms with E-state index in [2.05, 4.69) is 57.1 Å². The Morgan fingerprint density at radius 1 is 1.19 bits per heavy atom. The van der Waals surface area contributed by atoms with Crippen LogP contribution in [0.1, 0.15) is 43.4 Å². The van der Waals surface area contributed by atoms with Crippen molar-refractivity contribution in [3.05, 3.63) is 52.6 Å². The number of halogens is 1. The summed E-state index contributed by atoms with van der Waals surface area (Å²) in [4.78, 5) is 8.98. The first-order valence-corrected chi connectivity index (χ1v) is 12.2. The smallest absolute Gasteiger partial charge is 0.191 e. The van der Waals surface area contributed by atoms with E-state index in [9.17, 15) is 0 Å². The van der Waals surface area contributed by atoms with Crippen LogP contribution in [0.2, 0.25) is 0 Å². The van der Waals surface area contributed by atoms with E-state index in [0.717, 1.165) is 62.5 Å². The number of thiophene rings is 1. The van der Waals surface area contributed by atoms with Crippen LogP contribution < -0.4 is 10.6 Å². The number of aromatic nitrogens is 3. The lowest BCUT2D eigenvalue weighted by Crippen LogP contribution is -2.40. The van der Waals surface area contributed by atoms with Gasteiger partial charge in [0, 0.05) is 30.6 Å². The summed E-state index contributed by atoms with van der Waals surface area (Å²) in [5, 5.41) is 17.6. The second kappa shape index (κ2) is 12.5. The molecule has 1 fully saturated rings. The van der Waals surface area contributed by atoms with Crippen molar-refractivity contribution < 1.29 is 0 Å². The summed E-state index contributed by atoms with van der Waals surface area (Å²) < 4.78 is 2.04. The Hall–Kier alpha value is -1.72. The Balaban J connectivity index is 0.00000289. The monoisotopic (exact) mass is 567 g/mol. The molecule has 1 atom stereocenters. The number of aliphatic imine (C=N–C) groups is 1. The number of piperidine rings is 1. The van der Waals surface area contributed by atoms with Gasteiger partial charge in [0.05, 0.1) is 12.6 Å². The molecule has 0 aromatic carbocycles. The molecule has 0 aliphatic carbocycles. The third-order valence-corrected chi connectivity index (χ3v) is 6.90. The van der Waals surface area contributed by atoms with E-state index in [1.54, 1.807) is 0 Å². The molecule has 0 radical (unpaired) electrons. The van der Waals surface area contributed by atoms with E-state index in [4.69, 9.17) is 4.99 Å². The molecule has 0 bridgehead atoms. The van der Waals surface area contributed by atoms with Crippen LogP contribution in [0.4, 0.5) is 0 Å². The first-order chi connectivity index (χ1) is 15.2. The van der Waals surface area contributed by atoms with Gasteiger partial charge in [-0.3, -0.25) is 14.3 Å². The van der Waals surface area contributed by atoms with Gasteiger partial charge in [0.15, 0.2) is 11.6 Å². The number of hydrogen-bond acceptors (Lipinski definition) is 5. The minimum atomic E-state index is 0. The second-order valence-corrected chi connectivity index (χ2v) is 9.17. The predicted octanol–water partition coefficient (Wildman–Crippen LogP) is 3.98. The number of rotatable bonds is 8. The molecule has 0 saturated carbocycles. The SMILES string of the molecule is CCNC(=NCC(c1cccs1)N1CCC(C)CC1)NCCc1nnc2ccccn12.I. The molecule has 32 heavy (non-hydrogen) atoms. The summed E-state index contributed by atoms with van der Waals surface area (Å²) in [7, 11) is 0. The quantitative estimate of drug-likeness (QED) is 0.245. The summed E-state index contributed by atoms with van der Waals surface area (Å²) in [6, 6.07) is 10.7. The average molecular weight is 568 g/mol. The van der Waals surface area contributed by atoms with Crippen molar-refractivity contribution in [2.75, 3.05) is 32.7 Å². The van der Waals surface area contributed by atoms with Gasteiger partial charge in [-0.2, -0.15) is 0 Å². The molecule has 4 rings (SSSR count). The zero-order valence-corrected chi connectivity index (χ0v) is 22.1. The molecular formula is C23H34IN7S. The molecule has 1 unspecified atom stereocenters. The zero-order valence-electron chi connectivity index (χ0n) is 18.9. The van der Waals surface area contributed by atoms with Crippen molar-refractivity contribution in [3.8, 4) is 0 Å². The van der Waals surface area contributed by atoms with E-state index < -0.39 is 0 Å². The maximum absolute atomic E-state index is 4.96. The van der Waals surface area contributed by atoms with Crippen LogP contribution in [0.25, 0.3) is 5.65 Å². The number of guanidine groups is 1. The highest BCUT2D eigenvalue weighted by molar-refractivity contribution is 14.0. The topological polar surface area (TPSA) is 69.8 Å².